The highest BCUT2D eigenvalue weighted by Crippen LogP contribution is 2.29. The van der Waals surface area contributed by atoms with Crippen molar-refractivity contribution >= 4 is 28.6 Å². The lowest BCUT2D eigenvalue weighted by Gasteiger charge is -2.17. The van der Waals surface area contributed by atoms with E-state index in [1.54, 1.807) is 7.11 Å². The highest BCUT2D eigenvalue weighted by atomic mass is 32.2. The van der Waals surface area contributed by atoms with E-state index in [4.69, 9.17) is 4.74 Å². The zero-order chi connectivity index (χ0) is 21.1. The second-order valence-corrected chi connectivity index (χ2v) is 8.01. The van der Waals surface area contributed by atoms with Gasteiger partial charge in [-0.25, -0.2) is 0 Å². The lowest BCUT2D eigenvalue weighted by atomic mass is 10.1. The van der Waals surface area contributed by atoms with Crippen LogP contribution in [0.4, 0.5) is 0 Å². The van der Waals surface area contributed by atoms with Crippen LogP contribution in [0.2, 0.25) is 0 Å². The maximum absolute atomic E-state index is 13.1. The molecule has 0 radical (unpaired) electrons. The van der Waals surface area contributed by atoms with Crippen LogP contribution >= 0.6 is 11.8 Å². The predicted molar refractivity (Wildman–Crippen MR) is 118 cm³/mol. The van der Waals surface area contributed by atoms with Gasteiger partial charge in [0.2, 0.25) is 0 Å². The normalized spacial score (nSPS) is 12.3. The highest BCUT2D eigenvalue weighted by molar-refractivity contribution is 7.98. The Hall–Kier alpha value is -2.51. The third kappa shape index (κ3) is 4.11. The molecule has 2 N–H and O–H groups in total. The molecule has 1 atom stereocenters. The van der Waals surface area contributed by atoms with Gasteiger partial charge in [0.1, 0.15) is 0 Å². The average Bonchev–Trinajstić information content (AvgIpc) is 2.98. The number of hydrogen-bond donors (Lipinski definition) is 2. The van der Waals surface area contributed by atoms with Gasteiger partial charge in [0.15, 0.2) is 0 Å². The summed E-state index contributed by atoms with van der Waals surface area (Å²) < 4.78 is 7.46. The molecule has 29 heavy (non-hydrogen) atoms. The van der Waals surface area contributed by atoms with E-state index in [0.717, 1.165) is 27.2 Å². The molecule has 3 rings (SSSR count). The number of H-pyrrole nitrogens is 1. The van der Waals surface area contributed by atoms with Crippen molar-refractivity contribution in [2.24, 2.45) is 0 Å². The van der Waals surface area contributed by atoms with Crippen molar-refractivity contribution in [3.8, 4) is 0 Å². The predicted octanol–water partition coefficient (Wildman–Crippen LogP) is 3.81. The van der Waals surface area contributed by atoms with E-state index in [0.29, 0.717) is 17.7 Å². The largest absolute Gasteiger partial charge is 0.383 e. The van der Waals surface area contributed by atoms with Crippen LogP contribution in [-0.4, -0.2) is 35.4 Å². The summed E-state index contributed by atoms with van der Waals surface area (Å²) in [5.41, 5.74) is 3.74. The van der Waals surface area contributed by atoms with Gasteiger partial charge in [-0.05, 0) is 39.2 Å². The van der Waals surface area contributed by atoms with Gasteiger partial charge in [-0.15, -0.1) is 11.8 Å². The van der Waals surface area contributed by atoms with Crippen molar-refractivity contribution < 1.29 is 9.53 Å². The Kier molecular flexibility index (Phi) is 6.49. The number of nitrogens with one attached hydrogen (secondary N) is 2. The monoisotopic (exact) mass is 413 g/mol. The fourth-order valence-corrected chi connectivity index (χ4v) is 4.56. The summed E-state index contributed by atoms with van der Waals surface area (Å²) >= 11 is 1.50. The van der Waals surface area contributed by atoms with Gasteiger partial charge in [0.05, 0.1) is 18.2 Å². The Labute approximate surface area is 174 Å². The van der Waals surface area contributed by atoms with Crippen molar-refractivity contribution in [2.45, 2.75) is 38.3 Å². The number of carbonyl (C=O) groups is 1. The van der Waals surface area contributed by atoms with E-state index < -0.39 is 0 Å². The number of aromatic amines is 1. The van der Waals surface area contributed by atoms with Crippen LogP contribution < -0.4 is 10.9 Å². The number of rotatable bonds is 7. The summed E-state index contributed by atoms with van der Waals surface area (Å²) in [5, 5.41) is 3.85. The molecule has 0 aliphatic rings. The van der Waals surface area contributed by atoms with Gasteiger partial charge in [-0.1, -0.05) is 18.2 Å². The minimum Gasteiger partial charge on any atom is -0.383 e. The van der Waals surface area contributed by atoms with Crippen molar-refractivity contribution in [3.63, 3.8) is 0 Å². The van der Waals surface area contributed by atoms with E-state index in [9.17, 15) is 9.59 Å². The zero-order valence-electron chi connectivity index (χ0n) is 17.5. The number of para-hydroxylation sites is 1. The number of amides is 1. The molecule has 1 unspecified atom stereocenters. The minimum absolute atomic E-state index is 0.0921. The van der Waals surface area contributed by atoms with Crippen molar-refractivity contribution in [1.29, 1.82) is 0 Å². The number of benzene rings is 1. The maximum atomic E-state index is 13.1. The van der Waals surface area contributed by atoms with Gasteiger partial charge in [-0.3, -0.25) is 9.59 Å². The number of ether oxygens (including phenoxy) is 1. The van der Waals surface area contributed by atoms with Crippen molar-refractivity contribution in [2.75, 3.05) is 20.0 Å². The van der Waals surface area contributed by atoms with Gasteiger partial charge in [0.25, 0.3) is 11.5 Å². The molecule has 0 fully saturated rings. The summed E-state index contributed by atoms with van der Waals surface area (Å²) in [6, 6.07) is 9.89. The first kappa shape index (κ1) is 21.2. The number of aryl methyl sites for hydroxylation is 1. The quantitative estimate of drug-likeness (QED) is 0.578. The topological polar surface area (TPSA) is 76.1 Å². The van der Waals surface area contributed by atoms with Crippen LogP contribution in [-0.2, 0) is 11.3 Å². The number of fused-ring (bicyclic) bond motifs is 1. The van der Waals surface area contributed by atoms with Crippen LogP contribution in [0.1, 0.15) is 40.3 Å². The van der Waals surface area contributed by atoms with Crippen LogP contribution in [0.5, 0.6) is 0 Å². The second kappa shape index (κ2) is 8.88. The lowest BCUT2D eigenvalue weighted by Crippen LogP contribution is -2.28. The fourth-order valence-electron chi connectivity index (χ4n) is 3.85. The molecule has 2 heterocycles. The summed E-state index contributed by atoms with van der Waals surface area (Å²) in [6.07, 6.45) is 1.93. The van der Waals surface area contributed by atoms with Gasteiger partial charge < -0.3 is 19.6 Å². The van der Waals surface area contributed by atoms with E-state index >= 15 is 0 Å². The first-order chi connectivity index (χ1) is 13.9. The summed E-state index contributed by atoms with van der Waals surface area (Å²) in [5.74, 6) is -0.186. The standard InChI is InChI=1S/C22H27N3O3S/c1-13-10-19(29-5)17(21(26)24-13)11-23-22(27)20-15(3)25(14(2)12-28-4)18-9-7-6-8-16(18)20/h6-10,14H,11-12H2,1-5H3,(H,23,27)(H,24,26). The average molecular weight is 414 g/mol. The molecule has 2 aromatic heterocycles. The summed E-state index contributed by atoms with van der Waals surface area (Å²) in [7, 11) is 1.67. The number of thioether (sulfide) groups is 1. The molecule has 0 bridgehead atoms. The summed E-state index contributed by atoms with van der Waals surface area (Å²) in [6.45, 7) is 6.60. The zero-order valence-corrected chi connectivity index (χ0v) is 18.3. The second-order valence-electron chi connectivity index (χ2n) is 7.16. The Bertz CT molecular complexity index is 1100. The van der Waals surface area contributed by atoms with Gasteiger partial charge in [-0.2, -0.15) is 0 Å². The molecule has 154 valence electrons. The third-order valence-corrected chi connectivity index (χ3v) is 5.91. The maximum Gasteiger partial charge on any atom is 0.254 e. The molecule has 6 nitrogen and oxygen atoms in total. The molecule has 0 spiro atoms. The smallest absolute Gasteiger partial charge is 0.254 e. The van der Waals surface area contributed by atoms with Crippen molar-refractivity contribution in [1.82, 2.24) is 14.9 Å². The molecule has 3 aromatic rings. The van der Waals surface area contributed by atoms with E-state index in [2.05, 4.69) is 21.8 Å². The molecule has 0 saturated carbocycles. The Morgan fingerprint density at radius 2 is 2.03 bits per heavy atom. The minimum atomic E-state index is -0.186. The molecule has 0 aliphatic heterocycles. The molecule has 1 aromatic carbocycles. The third-order valence-electron chi connectivity index (χ3n) is 5.11. The Morgan fingerprint density at radius 3 is 2.72 bits per heavy atom. The number of hydrogen-bond acceptors (Lipinski definition) is 4. The molecule has 7 heteroatoms. The molecule has 1 amide bonds. The molecular weight excluding hydrogens is 386 g/mol. The van der Waals surface area contributed by atoms with Crippen LogP contribution in [0, 0.1) is 13.8 Å². The van der Waals surface area contributed by atoms with Crippen molar-refractivity contribution in [3.05, 3.63) is 63.2 Å². The fraction of sp³-hybridized carbons (Fsp3) is 0.364. The van der Waals surface area contributed by atoms with Crippen LogP contribution in [0.15, 0.2) is 40.0 Å². The Balaban J connectivity index is 1.97. The van der Waals surface area contributed by atoms with E-state index in [1.165, 1.54) is 11.8 Å². The van der Waals surface area contributed by atoms with E-state index in [1.807, 2.05) is 50.4 Å². The SMILES string of the molecule is COCC(C)n1c(C)c(C(=O)NCc2c(SC)cc(C)[nH]c2=O)c2ccccc21. The number of aromatic nitrogens is 2. The first-order valence-corrected chi connectivity index (χ1v) is 10.7. The first-order valence-electron chi connectivity index (χ1n) is 9.52. The number of nitrogens with zero attached hydrogens (tertiary/aromatic N) is 1. The molecule has 0 saturated heterocycles. The van der Waals surface area contributed by atoms with Crippen LogP contribution in [0.3, 0.4) is 0 Å². The lowest BCUT2D eigenvalue weighted by molar-refractivity contribution is 0.0950. The summed E-state index contributed by atoms with van der Waals surface area (Å²) in [4.78, 5) is 29.2. The van der Waals surface area contributed by atoms with Crippen LogP contribution in [0.25, 0.3) is 10.9 Å². The number of pyridine rings is 1. The number of methoxy groups -OCH3 is 1. The van der Waals surface area contributed by atoms with E-state index in [-0.39, 0.29) is 24.1 Å². The molecular formula is C22H27N3O3S. The van der Waals surface area contributed by atoms with Gasteiger partial charge >= 0.3 is 0 Å². The highest BCUT2D eigenvalue weighted by Gasteiger charge is 2.22. The Morgan fingerprint density at radius 1 is 1.31 bits per heavy atom. The van der Waals surface area contributed by atoms with Gasteiger partial charge in [0, 0.05) is 46.4 Å². The molecule has 0 aliphatic carbocycles. The number of carbonyl (C=O) groups excluding carboxylic acids is 1.